The maximum Gasteiger partial charge on any atom is 0.309 e. The lowest BCUT2D eigenvalue weighted by Crippen LogP contribution is -2.15. The van der Waals surface area contributed by atoms with Crippen LogP contribution in [0.5, 0.6) is 0 Å². The van der Waals surface area contributed by atoms with E-state index in [2.05, 4.69) is 15.9 Å². The molecular formula is C13H13BrO3. The topological polar surface area (TPSA) is 43.4 Å². The average molecular weight is 297 g/mol. The Morgan fingerprint density at radius 3 is 2.47 bits per heavy atom. The molecule has 0 spiro atoms. The molecule has 0 N–H and O–H groups in total. The highest BCUT2D eigenvalue weighted by atomic mass is 79.9. The van der Waals surface area contributed by atoms with E-state index >= 15 is 0 Å². The van der Waals surface area contributed by atoms with Gasteiger partial charge >= 0.3 is 5.97 Å². The first kappa shape index (κ1) is 12.3. The second-order valence-corrected chi connectivity index (χ2v) is 5.27. The first-order valence-corrected chi connectivity index (χ1v) is 6.32. The Balaban J connectivity index is 1.85. The molecule has 0 amide bonds. The molecule has 0 heterocycles. The average Bonchev–Trinajstić information content (AvgIpc) is 3.04. The van der Waals surface area contributed by atoms with Crippen LogP contribution in [0.1, 0.15) is 23.7 Å². The Morgan fingerprint density at radius 2 is 1.94 bits per heavy atom. The molecule has 1 saturated carbocycles. The minimum Gasteiger partial charge on any atom is -0.457 e. The van der Waals surface area contributed by atoms with E-state index in [4.69, 9.17) is 4.74 Å². The Kier molecular flexibility index (Phi) is 3.62. The largest absolute Gasteiger partial charge is 0.457 e. The van der Waals surface area contributed by atoms with Crippen molar-refractivity contribution in [3.63, 3.8) is 0 Å². The fourth-order valence-corrected chi connectivity index (χ4v) is 1.88. The molecule has 4 heteroatoms. The van der Waals surface area contributed by atoms with Gasteiger partial charge in [-0.1, -0.05) is 35.0 Å². The van der Waals surface area contributed by atoms with Crippen molar-refractivity contribution < 1.29 is 14.3 Å². The second-order valence-electron chi connectivity index (χ2n) is 4.36. The monoisotopic (exact) mass is 296 g/mol. The number of esters is 1. The standard InChI is InChI=1S/C13H13BrO3/c1-8-6-11(8)13(16)17-7-12(15)9-2-4-10(14)5-3-9/h2-5,8,11H,6-7H2,1H3/t8-,11+/m1/s1. The van der Waals surface area contributed by atoms with E-state index in [-0.39, 0.29) is 24.3 Å². The van der Waals surface area contributed by atoms with Crippen LogP contribution in [0, 0.1) is 11.8 Å². The lowest BCUT2D eigenvalue weighted by Gasteiger charge is -2.03. The van der Waals surface area contributed by atoms with Gasteiger partial charge in [-0.05, 0) is 24.5 Å². The Morgan fingerprint density at radius 1 is 1.35 bits per heavy atom. The predicted molar refractivity (Wildman–Crippen MR) is 66.7 cm³/mol. The van der Waals surface area contributed by atoms with Crippen LogP contribution < -0.4 is 0 Å². The molecule has 0 aliphatic heterocycles. The Hall–Kier alpha value is -1.16. The van der Waals surface area contributed by atoms with Gasteiger partial charge in [-0.15, -0.1) is 0 Å². The lowest BCUT2D eigenvalue weighted by atomic mass is 10.1. The van der Waals surface area contributed by atoms with Crippen LogP contribution in [-0.4, -0.2) is 18.4 Å². The smallest absolute Gasteiger partial charge is 0.309 e. The van der Waals surface area contributed by atoms with Gasteiger partial charge in [0.25, 0.3) is 0 Å². The van der Waals surface area contributed by atoms with Gasteiger partial charge in [0.15, 0.2) is 12.4 Å². The van der Waals surface area contributed by atoms with E-state index in [9.17, 15) is 9.59 Å². The van der Waals surface area contributed by atoms with Gasteiger partial charge in [0.05, 0.1) is 5.92 Å². The predicted octanol–water partition coefficient (Wildman–Crippen LogP) is 2.83. The highest BCUT2D eigenvalue weighted by molar-refractivity contribution is 9.10. The number of Topliss-reactive ketones (excluding diaryl/α,β-unsaturated/α-hetero) is 1. The van der Waals surface area contributed by atoms with Crippen LogP contribution in [0.4, 0.5) is 0 Å². The fraction of sp³-hybridized carbons (Fsp3) is 0.385. The molecule has 1 aromatic rings. The number of ketones is 1. The minimum atomic E-state index is -0.247. The highest BCUT2D eigenvalue weighted by Gasteiger charge is 2.40. The molecule has 2 atom stereocenters. The number of hydrogen-bond donors (Lipinski definition) is 0. The maximum absolute atomic E-state index is 11.7. The van der Waals surface area contributed by atoms with E-state index in [1.165, 1.54) is 0 Å². The number of carbonyl (C=O) groups is 2. The van der Waals surface area contributed by atoms with E-state index in [1.807, 2.05) is 6.92 Å². The molecule has 0 saturated heterocycles. The fourth-order valence-electron chi connectivity index (χ4n) is 1.61. The van der Waals surface area contributed by atoms with Gasteiger partial charge in [0.2, 0.25) is 0 Å². The first-order valence-electron chi connectivity index (χ1n) is 5.53. The Bertz CT molecular complexity index is 438. The molecular weight excluding hydrogens is 284 g/mol. The summed E-state index contributed by atoms with van der Waals surface area (Å²) >= 11 is 3.29. The summed E-state index contributed by atoms with van der Waals surface area (Å²) in [5.74, 6) is 0.000107. The molecule has 1 fully saturated rings. The van der Waals surface area contributed by atoms with Gasteiger partial charge in [-0.25, -0.2) is 0 Å². The van der Waals surface area contributed by atoms with Gasteiger partial charge in [-0.2, -0.15) is 0 Å². The third kappa shape index (κ3) is 3.16. The van der Waals surface area contributed by atoms with E-state index < -0.39 is 0 Å². The number of halogens is 1. The van der Waals surface area contributed by atoms with Crippen LogP contribution in [0.3, 0.4) is 0 Å². The van der Waals surface area contributed by atoms with Crippen molar-refractivity contribution in [2.24, 2.45) is 11.8 Å². The molecule has 17 heavy (non-hydrogen) atoms. The number of ether oxygens (including phenoxy) is 1. The highest BCUT2D eigenvalue weighted by Crippen LogP contribution is 2.38. The summed E-state index contributed by atoms with van der Waals surface area (Å²) in [5, 5.41) is 0. The van der Waals surface area contributed by atoms with Crippen LogP contribution in [-0.2, 0) is 9.53 Å². The summed E-state index contributed by atoms with van der Waals surface area (Å²) < 4.78 is 5.90. The quantitative estimate of drug-likeness (QED) is 0.634. The van der Waals surface area contributed by atoms with Crippen molar-refractivity contribution in [3.8, 4) is 0 Å². The molecule has 2 rings (SSSR count). The minimum absolute atomic E-state index is 0.00715. The summed E-state index contributed by atoms with van der Waals surface area (Å²) in [6.45, 7) is 1.84. The molecule has 1 aliphatic rings. The van der Waals surface area contributed by atoms with Crippen molar-refractivity contribution in [1.82, 2.24) is 0 Å². The summed E-state index contributed by atoms with van der Waals surface area (Å²) in [4.78, 5) is 23.1. The number of rotatable bonds is 4. The normalized spacial score (nSPS) is 22.0. The van der Waals surface area contributed by atoms with Crippen molar-refractivity contribution in [3.05, 3.63) is 34.3 Å². The van der Waals surface area contributed by atoms with Gasteiger partial charge < -0.3 is 4.74 Å². The molecule has 0 unspecified atom stereocenters. The number of hydrogen-bond acceptors (Lipinski definition) is 3. The van der Waals surface area contributed by atoms with Gasteiger partial charge in [-0.3, -0.25) is 9.59 Å². The molecule has 1 aromatic carbocycles. The molecule has 0 aromatic heterocycles. The van der Waals surface area contributed by atoms with E-state index in [0.717, 1.165) is 10.9 Å². The first-order chi connectivity index (χ1) is 8.08. The molecule has 3 nitrogen and oxygen atoms in total. The summed E-state index contributed by atoms with van der Waals surface area (Å²) in [7, 11) is 0. The zero-order valence-corrected chi connectivity index (χ0v) is 11.1. The molecule has 1 aliphatic carbocycles. The van der Waals surface area contributed by atoms with Crippen LogP contribution >= 0.6 is 15.9 Å². The van der Waals surface area contributed by atoms with Crippen LogP contribution in [0.2, 0.25) is 0 Å². The third-order valence-corrected chi connectivity index (χ3v) is 3.45. The third-order valence-electron chi connectivity index (χ3n) is 2.92. The van der Waals surface area contributed by atoms with Gasteiger partial charge in [0, 0.05) is 10.0 Å². The molecule has 90 valence electrons. The van der Waals surface area contributed by atoms with Crippen molar-refractivity contribution >= 4 is 27.7 Å². The summed E-state index contributed by atoms with van der Waals surface area (Å²) in [6, 6.07) is 7.00. The maximum atomic E-state index is 11.7. The second kappa shape index (κ2) is 5.00. The van der Waals surface area contributed by atoms with E-state index in [0.29, 0.717) is 11.5 Å². The lowest BCUT2D eigenvalue weighted by molar-refractivity contribution is -0.144. The van der Waals surface area contributed by atoms with Crippen molar-refractivity contribution in [2.45, 2.75) is 13.3 Å². The van der Waals surface area contributed by atoms with Crippen LogP contribution in [0.25, 0.3) is 0 Å². The van der Waals surface area contributed by atoms with Gasteiger partial charge in [0.1, 0.15) is 0 Å². The summed E-state index contributed by atoms with van der Waals surface area (Å²) in [6.07, 6.45) is 0.880. The zero-order valence-electron chi connectivity index (χ0n) is 9.48. The number of benzene rings is 1. The molecule has 0 bridgehead atoms. The van der Waals surface area contributed by atoms with Crippen LogP contribution in [0.15, 0.2) is 28.7 Å². The van der Waals surface area contributed by atoms with E-state index in [1.54, 1.807) is 24.3 Å². The van der Waals surface area contributed by atoms with Crippen molar-refractivity contribution in [2.75, 3.05) is 6.61 Å². The van der Waals surface area contributed by atoms with Crippen molar-refractivity contribution in [1.29, 1.82) is 0 Å². The summed E-state index contributed by atoms with van der Waals surface area (Å²) in [5.41, 5.74) is 0.560. The zero-order chi connectivity index (χ0) is 12.4. The number of carbonyl (C=O) groups excluding carboxylic acids is 2. The molecule has 0 radical (unpaired) electrons. The SMILES string of the molecule is C[C@@H]1C[C@@H]1C(=O)OCC(=O)c1ccc(Br)cc1. The Labute approximate surface area is 108 Å².